The molecule has 0 heterocycles. The van der Waals surface area contributed by atoms with Crippen molar-refractivity contribution in [2.45, 2.75) is 71.8 Å². The van der Waals surface area contributed by atoms with Gasteiger partial charge in [0.05, 0.1) is 26.0 Å². The highest BCUT2D eigenvalue weighted by Gasteiger charge is 2.53. The van der Waals surface area contributed by atoms with Gasteiger partial charge in [-0.25, -0.2) is 4.79 Å². The van der Waals surface area contributed by atoms with Crippen molar-refractivity contribution in [1.29, 1.82) is 0 Å². The topological polar surface area (TPSA) is 71.1 Å². The molecule has 2 atom stereocenters. The van der Waals surface area contributed by atoms with Crippen LogP contribution in [-0.2, 0) is 27.6 Å². The first-order valence-electron chi connectivity index (χ1n) is 9.58. The van der Waals surface area contributed by atoms with Gasteiger partial charge < -0.3 is 18.2 Å². The van der Waals surface area contributed by atoms with E-state index in [2.05, 4.69) is 33.9 Å². The van der Waals surface area contributed by atoms with Crippen LogP contribution in [0.15, 0.2) is 11.6 Å². The highest BCUT2D eigenvalue weighted by atomic mass is 31.2. The third kappa shape index (κ3) is 5.54. The van der Waals surface area contributed by atoms with Crippen molar-refractivity contribution < 1.29 is 27.6 Å². The molecule has 0 radical (unpaired) electrons. The highest BCUT2D eigenvalue weighted by Crippen LogP contribution is 2.63. The smallest absolute Gasteiger partial charge is 0.338 e. The van der Waals surface area contributed by atoms with Crippen LogP contribution in [0, 0.1) is 5.41 Å². The Labute approximate surface area is 165 Å². The molecule has 0 aromatic carbocycles. The summed E-state index contributed by atoms with van der Waals surface area (Å²) in [6.45, 7) is 17.4. The molecular formula is C19H37O6PSi. The van der Waals surface area contributed by atoms with E-state index in [4.69, 9.17) is 18.2 Å². The number of carbonyl (C=O) groups excluding carboxylic acids is 1. The number of ether oxygens (including phenoxy) is 1. The van der Waals surface area contributed by atoms with Crippen LogP contribution in [0.5, 0.6) is 0 Å². The van der Waals surface area contributed by atoms with Crippen molar-refractivity contribution in [2.24, 2.45) is 5.41 Å². The van der Waals surface area contributed by atoms with E-state index in [1.807, 2.05) is 6.92 Å². The Hall–Kier alpha value is -0.463. The third-order valence-electron chi connectivity index (χ3n) is 5.64. The second-order valence-corrected chi connectivity index (χ2v) is 15.8. The SMILES string of the molecule is CCOP(=O)(OCC)C1C=C(C(=O)OC)C[C@]1(C)CO[Si](C)(C)C(C)(C)C. The first kappa shape index (κ1) is 24.6. The first-order valence-corrected chi connectivity index (χ1v) is 14.1. The van der Waals surface area contributed by atoms with Crippen LogP contribution in [0.4, 0.5) is 0 Å². The van der Waals surface area contributed by atoms with Crippen molar-refractivity contribution in [3.8, 4) is 0 Å². The summed E-state index contributed by atoms with van der Waals surface area (Å²) in [6, 6.07) is 0. The maximum atomic E-state index is 13.5. The molecule has 1 aliphatic rings. The standard InChI is InChI=1S/C19H37O6PSi/c1-10-23-26(21,24-11-2)16-12-15(17(20)22-7)13-19(16,6)14-25-27(8,9)18(3,4)5/h12,16H,10-11,13-14H2,1-9H3/t16?,19-/m1/s1. The average Bonchev–Trinajstić information content (AvgIpc) is 2.91. The normalized spacial score (nSPS) is 24.0. The molecular weight excluding hydrogens is 383 g/mol. The minimum absolute atomic E-state index is 0.0552. The lowest BCUT2D eigenvalue weighted by atomic mass is 9.87. The van der Waals surface area contributed by atoms with Gasteiger partial charge in [0.2, 0.25) is 0 Å². The summed E-state index contributed by atoms with van der Waals surface area (Å²) < 4.78 is 36.1. The van der Waals surface area contributed by atoms with Crippen LogP contribution >= 0.6 is 7.60 Å². The molecule has 0 fully saturated rings. The van der Waals surface area contributed by atoms with E-state index in [-0.39, 0.29) is 18.3 Å². The first-order chi connectivity index (χ1) is 12.3. The summed E-state index contributed by atoms with van der Waals surface area (Å²) in [5.74, 6) is -0.407. The zero-order valence-electron chi connectivity index (χ0n) is 18.4. The predicted molar refractivity (Wildman–Crippen MR) is 111 cm³/mol. The number of hydrogen-bond acceptors (Lipinski definition) is 6. The van der Waals surface area contributed by atoms with Crippen LogP contribution < -0.4 is 0 Å². The summed E-state index contributed by atoms with van der Waals surface area (Å²) in [5, 5.41) is 0.0552. The molecule has 1 aliphatic carbocycles. The molecule has 0 bridgehead atoms. The zero-order valence-corrected chi connectivity index (χ0v) is 20.3. The molecule has 0 saturated heterocycles. The monoisotopic (exact) mass is 420 g/mol. The Morgan fingerprint density at radius 2 is 1.78 bits per heavy atom. The number of hydrogen-bond donors (Lipinski definition) is 0. The molecule has 0 N–H and O–H groups in total. The van der Waals surface area contributed by atoms with E-state index in [1.54, 1.807) is 19.9 Å². The summed E-state index contributed by atoms with van der Waals surface area (Å²) in [7, 11) is -4.11. The molecule has 158 valence electrons. The molecule has 0 aromatic rings. The average molecular weight is 421 g/mol. The lowest BCUT2D eigenvalue weighted by molar-refractivity contribution is -0.136. The van der Waals surface area contributed by atoms with Crippen LogP contribution in [0.1, 0.15) is 48.0 Å². The van der Waals surface area contributed by atoms with E-state index in [0.29, 0.717) is 18.6 Å². The minimum atomic E-state index is -3.45. The summed E-state index contributed by atoms with van der Waals surface area (Å²) in [6.07, 6.45) is 2.13. The molecule has 8 heteroatoms. The molecule has 0 saturated carbocycles. The van der Waals surface area contributed by atoms with Crippen molar-refractivity contribution in [3.63, 3.8) is 0 Å². The third-order valence-corrected chi connectivity index (χ3v) is 12.8. The Morgan fingerprint density at radius 3 is 2.19 bits per heavy atom. The number of rotatable bonds is 9. The number of allylic oxidation sites excluding steroid dienone is 1. The van der Waals surface area contributed by atoms with Gasteiger partial charge in [0.15, 0.2) is 8.32 Å². The Balaban J connectivity index is 3.24. The lowest BCUT2D eigenvalue weighted by Gasteiger charge is -2.41. The van der Waals surface area contributed by atoms with E-state index in [9.17, 15) is 9.36 Å². The van der Waals surface area contributed by atoms with Gasteiger partial charge in [-0.1, -0.05) is 33.8 Å². The number of carbonyl (C=O) groups is 1. The fourth-order valence-electron chi connectivity index (χ4n) is 2.99. The quantitative estimate of drug-likeness (QED) is 0.292. The molecule has 6 nitrogen and oxygen atoms in total. The maximum Gasteiger partial charge on any atom is 0.338 e. The summed E-state index contributed by atoms with van der Waals surface area (Å²) >= 11 is 0. The minimum Gasteiger partial charge on any atom is -0.466 e. The van der Waals surface area contributed by atoms with Crippen LogP contribution in [0.2, 0.25) is 18.1 Å². The maximum absolute atomic E-state index is 13.5. The molecule has 1 rings (SSSR count). The highest BCUT2D eigenvalue weighted by molar-refractivity contribution is 7.55. The van der Waals surface area contributed by atoms with Gasteiger partial charge in [-0.3, -0.25) is 4.57 Å². The van der Waals surface area contributed by atoms with Crippen LogP contribution in [0.25, 0.3) is 0 Å². The second-order valence-electron chi connectivity index (χ2n) is 8.88. The predicted octanol–water partition coefficient (Wildman–Crippen LogP) is 5.15. The van der Waals surface area contributed by atoms with Gasteiger partial charge >= 0.3 is 13.6 Å². The van der Waals surface area contributed by atoms with Crippen molar-refractivity contribution in [3.05, 3.63) is 11.6 Å². The van der Waals surface area contributed by atoms with Crippen LogP contribution in [0.3, 0.4) is 0 Å². The molecule has 0 spiro atoms. The van der Waals surface area contributed by atoms with E-state index >= 15 is 0 Å². The van der Waals surface area contributed by atoms with Gasteiger partial charge in [0.25, 0.3) is 0 Å². The fraction of sp³-hybridized carbons (Fsp3) is 0.842. The largest absolute Gasteiger partial charge is 0.466 e. The number of methoxy groups -OCH3 is 1. The Kier molecular flexibility index (Phi) is 8.11. The van der Waals surface area contributed by atoms with Crippen LogP contribution in [-0.4, -0.2) is 46.9 Å². The zero-order chi connectivity index (χ0) is 21.1. The summed E-state index contributed by atoms with van der Waals surface area (Å²) in [4.78, 5) is 12.2. The van der Waals surface area contributed by atoms with Crippen molar-refractivity contribution in [1.82, 2.24) is 0 Å². The Morgan fingerprint density at radius 1 is 1.26 bits per heavy atom. The van der Waals surface area contributed by atoms with Gasteiger partial charge in [0.1, 0.15) is 0 Å². The van der Waals surface area contributed by atoms with Gasteiger partial charge in [-0.2, -0.15) is 0 Å². The molecule has 27 heavy (non-hydrogen) atoms. The molecule has 0 aromatic heterocycles. The van der Waals surface area contributed by atoms with Crippen molar-refractivity contribution >= 4 is 21.9 Å². The van der Waals surface area contributed by atoms with Gasteiger partial charge in [-0.15, -0.1) is 0 Å². The van der Waals surface area contributed by atoms with E-state index in [1.165, 1.54) is 7.11 Å². The van der Waals surface area contributed by atoms with Gasteiger partial charge in [-0.05, 0) is 38.4 Å². The molecule has 1 unspecified atom stereocenters. The lowest BCUT2D eigenvalue weighted by Crippen LogP contribution is -2.45. The molecule has 0 aliphatic heterocycles. The van der Waals surface area contributed by atoms with Crippen molar-refractivity contribution in [2.75, 3.05) is 26.9 Å². The number of esters is 1. The fourth-order valence-corrected chi connectivity index (χ4v) is 6.52. The van der Waals surface area contributed by atoms with E-state index in [0.717, 1.165) is 0 Å². The summed E-state index contributed by atoms with van der Waals surface area (Å²) in [5.41, 5.74) is -0.619. The van der Waals surface area contributed by atoms with E-state index < -0.39 is 33.0 Å². The molecule has 0 amide bonds. The van der Waals surface area contributed by atoms with Gasteiger partial charge in [0, 0.05) is 17.6 Å². The Bertz CT molecular complexity index is 600. The second kappa shape index (κ2) is 8.91.